The quantitative estimate of drug-likeness (QED) is 0.181. The van der Waals surface area contributed by atoms with Gasteiger partial charge in [0, 0.05) is 38.5 Å². The number of fused-ring (bicyclic) bond motifs is 6. The lowest BCUT2D eigenvalue weighted by atomic mass is 9.87. The van der Waals surface area contributed by atoms with E-state index in [1.54, 1.807) is 0 Å². The first-order chi connectivity index (χ1) is 26.7. The molecular formula is C50H30N4. The molecule has 10 rings (SSSR count). The Kier molecular flexibility index (Phi) is 7.22. The summed E-state index contributed by atoms with van der Waals surface area (Å²) >= 11 is 0. The maximum atomic E-state index is 9.84. The number of nitriles is 2. The lowest BCUT2D eigenvalue weighted by Crippen LogP contribution is -1.96. The van der Waals surface area contributed by atoms with Crippen LogP contribution in [0.2, 0.25) is 0 Å². The molecule has 0 spiro atoms. The standard InChI is InChI=1S/C50H30N4/c51-31-33-13-10-16-36(29-33)53-46-25-9-8-21-44(46)49-41(22-12-26-48(49)53)39-19-6-4-17-37(39)38-18-5-7-20-40(38)42-23-11-24-43-45-30-34(32-52)27-28-47(45)54(50(42)43)35-14-2-1-3-15-35/h1-30H. The first-order valence-electron chi connectivity index (χ1n) is 18.0. The van der Waals surface area contributed by atoms with Crippen molar-refractivity contribution in [2.45, 2.75) is 0 Å². The van der Waals surface area contributed by atoms with E-state index in [1.807, 2.05) is 36.4 Å². The Balaban J connectivity index is 1.25. The lowest BCUT2D eigenvalue weighted by molar-refractivity contribution is 1.18. The van der Waals surface area contributed by atoms with Crippen molar-refractivity contribution < 1.29 is 0 Å². The summed E-state index contributed by atoms with van der Waals surface area (Å²) in [5, 5.41) is 24.1. The van der Waals surface area contributed by atoms with Crippen LogP contribution in [0.15, 0.2) is 182 Å². The monoisotopic (exact) mass is 686 g/mol. The third kappa shape index (κ3) is 4.76. The highest BCUT2D eigenvalue weighted by molar-refractivity contribution is 6.18. The molecule has 0 aliphatic carbocycles. The van der Waals surface area contributed by atoms with E-state index in [9.17, 15) is 10.5 Å². The summed E-state index contributed by atoms with van der Waals surface area (Å²) in [4.78, 5) is 0. The van der Waals surface area contributed by atoms with Gasteiger partial charge in [-0.1, -0.05) is 121 Å². The highest BCUT2D eigenvalue weighted by Crippen LogP contribution is 2.46. The molecule has 0 aliphatic heterocycles. The van der Waals surface area contributed by atoms with E-state index in [2.05, 4.69) is 167 Å². The molecule has 0 bridgehead atoms. The first kappa shape index (κ1) is 31.1. The van der Waals surface area contributed by atoms with Crippen molar-refractivity contribution in [2.24, 2.45) is 0 Å². The largest absolute Gasteiger partial charge is 0.309 e. The Bertz CT molecular complexity index is 3190. The first-order valence-corrected chi connectivity index (χ1v) is 18.0. The van der Waals surface area contributed by atoms with E-state index in [-0.39, 0.29) is 0 Å². The van der Waals surface area contributed by atoms with E-state index in [4.69, 9.17) is 0 Å². The fourth-order valence-corrected chi connectivity index (χ4v) is 8.34. The second-order valence-electron chi connectivity index (χ2n) is 13.5. The normalized spacial score (nSPS) is 11.3. The number of aromatic nitrogens is 2. The molecule has 0 unspecified atom stereocenters. The third-order valence-electron chi connectivity index (χ3n) is 10.6. The predicted octanol–water partition coefficient (Wildman–Crippen LogP) is 12.6. The molecule has 250 valence electrons. The Morgan fingerprint density at radius 1 is 0.333 bits per heavy atom. The van der Waals surface area contributed by atoms with Crippen molar-refractivity contribution in [3.8, 4) is 56.9 Å². The molecule has 4 heteroatoms. The average Bonchev–Trinajstić information content (AvgIpc) is 3.77. The molecular weight excluding hydrogens is 657 g/mol. The summed E-state index contributed by atoms with van der Waals surface area (Å²) in [5.41, 5.74) is 14.4. The molecule has 10 aromatic rings. The van der Waals surface area contributed by atoms with Crippen LogP contribution in [0.4, 0.5) is 0 Å². The number of rotatable bonds is 5. The molecule has 4 nitrogen and oxygen atoms in total. The minimum absolute atomic E-state index is 0.628. The highest BCUT2D eigenvalue weighted by Gasteiger charge is 2.22. The molecule has 0 radical (unpaired) electrons. The fourth-order valence-electron chi connectivity index (χ4n) is 8.34. The van der Waals surface area contributed by atoms with Gasteiger partial charge >= 0.3 is 0 Å². The van der Waals surface area contributed by atoms with Gasteiger partial charge in [-0.05, 0) is 88.5 Å². The lowest BCUT2D eigenvalue weighted by Gasteiger charge is -2.17. The minimum Gasteiger partial charge on any atom is -0.309 e. The molecule has 0 amide bonds. The van der Waals surface area contributed by atoms with Crippen molar-refractivity contribution in [1.29, 1.82) is 10.5 Å². The summed E-state index contributed by atoms with van der Waals surface area (Å²) in [6.07, 6.45) is 0. The topological polar surface area (TPSA) is 57.4 Å². The zero-order chi connectivity index (χ0) is 36.2. The number of hydrogen-bond donors (Lipinski definition) is 0. The van der Waals surface area contributed by atoms with Gasteiger partial charge in [-0.3, -0.25) is 0 Å². The smallest absolute Gasteiger partial charge is 0.0992 e. The van der Waals surface area contributed by atoms with Gasteiger partial charge in [0.1, 0.15) is 0 Å². The molecule has 2 heterocycles. The van der Waals surface area contributed by atoms with E-state index in [0.29, 0.717) is 11.1 Å². The van der Waals surface area contributed by atoms with Gasteiger partial charge in [-0.25, -0.2) is 0 Å². The summed E-state index contributed by atoms with van der Waals surface area (Å²) in [6.45, 7) is 0. The maximum Gasteiger partial charge on any atom is 0.0992 e. The fraction of sp³-hybridized carbons (Fsp3) is 0. The van der Waals surface area contributed by atoms with Crippen LogP contribution >= 0.6 is 0 Å². The zero-order valence-corrected chi connectivity index (χ0v) is 29.1. The molecule has 2 aromatic heterocycles. The van der Waals surface area contributed by atoms with Crippen LogP contribution in [0.1, 0.15) is 11.1 Å². The molecule has 0 N–H and O–H groups in total. The van der Waals surface area contributed by atoms with Crippen LogP contribution in [0.5, 0.6) is 0 Å². The van der Waals surface area contributed by atoms with Crippen molar-refractivity contribution in [3.63, 3.8) is 0 Å². The average molecular weight is 687 g/mol. The second kappa shape index (κ2) is 12.5. The molecule has 0 saturated carbocycles. The van der Waals surface area contributed by atoms with Crippen LogP contribution in [0.25, 0.3) is 88.4 Å². The van der Waals surface area contributed by atoms with Crippen molar-refractivity contribution in [3.05, 3.63) is 193 Å². The van der Waals surface area contributed by atoms with Crippen LogP contribution in [0.3, 0.4) is 0 Å². The Morgan fingerprint density at radius 2 is 0.852 bits per heavy atom. The maximum absolute atomic E-state index is 9.84. The number of para-hydroxylation sites is 3. The molecule has 8 aromatic carbocycles. The molecule has 0 saturated heterocycles. The molecule has 0 fully saturated rings. The predicted molar refractivity (Wildman–Crippen MR) is 221 cm³/mol. The van der Waals surface area contributed by atoms with E-state index >= 15 is 0 Å². The molecule has 0 atom stereocenters. The van der Waals surface area contributed by atoms with Gasteiger partial charge in [0.25, 0.3) is 0 Å². The zero-order valence-electron chi connectivity index (χ0n) is 29.1. The minimum atomic E-state index is 0.628. The number of nitrogens with zero attached hydrogens (tertiary/aromatic N) is 4. The molecule has 54 heavy (non-hydrogen) atoms. The van der Waals surface area contributed by atoms with E-state index < -0.39 is 0 Å². The molecule has 0 aliphatic rings. The van der Waals surface area contributed by atoms with E-state index in [1.165, 1.54) is 5.39 Å². The van der Waals surface area contributed by atoms with Gasteiger partial charge in [0.2, 0.25) is 0 Å². The Morgan fingerprint density at radius 3 is 1.61 bits per heavy atom. The second-order valence-corrected chi connectivity index (χ2v) is 13.5. The third-order valence-corrected chi connectivity index (χ3v) is 10.6. The van der Waals surface area contributed by atoms with Gasteiger partial charge in [-0.2, -0.15) is 10.5 Å². The summed E-state index contributed by atoms with van der Waals surface area (Å²) in [6, 6.07) is 67.9. The van der Waals surface area contributed by atoms with Gasteiger partial charge < -0.3 is 9.13 Å². The Labute approximate surface area is 312 Å². The van der Waals surface area contributed by atoms with Gasteiger partial charge in [0.05, 0.1) is 45.3 Å². The Hall–Kier alpha value is -7.66. The van der Waals surface area contributed by atoms with Crippen LogP contribution < -0.4 is 0 Å². The van der Waals surface area contributed by atoms with Crippen molar-refractivity contribution in [1.82, 2.24) is 9.13 Å². The SMILES string of the molecule is N#Cc1cccc(-n2c3ccccc3c3c(-c4ccccc4-c4ccccc4-c4cccc5c6cc(C#N)ccc6n(-c6ccccc6)c45)cccc32)c1. The van der Waals surface area contributed by atoms with Crippen LogP contribution in [0, 0.1) is 22.7 Å². The summed E-state index contributed by atoms with van der Waals surface area (Å²) in [5.74, 6) is 0. The van der Waals surface area contributed by atoms with Crippen LogP contribution in [-0.2, 0) is 0 Å². The van der Waals surface area contributed by atoms with Crippen molar-refractivity contribution >= 4 is 43.6 Å². The summed E-state index contributed by atoms with van der Waals surface area (Å²) < 4.78 is 4.60. The van der Waals surface area contributed by atoms with Gasteiger partial charge in [-0.15, -0.1) is 0 Å². The van der Waals surface area contributed by atoms with Crippen LogP contribution in [-0.4, -0.2) is 9.13 Å². The number of benzene rings is 8. The van der Waals surface area contributed by atoms with Gasteiger partial charge in [0.15, 0.2) is 0 Å². The number of hydrogen-bond acceptors (Lipinski definition) is 2. The van der Waals surface area contributed by atoms with E-state index in [0.717, 1.165) is 83.0 Å². The van der Waals surface area contributed by atoms with Crippen molar-refractivity contribution in [2.75, 3.05) is 0 Å². The summed E-state index contributed by atoms with van der Waals surface area (Å²) in [7, 11) is 0. The highest BCUT2D eigenvalue weighted by atomic mass is 15.0.